The van der Waals surface area contributed by atoms with Gasteiger partial charge in [-0.05, 0) is 31.5 Å². The van der Waals surface area contributed by atoms with Gasteiger partial charge in [-0.25, -0.2) is 0 Å². The lowest BCUT2D eigenvalue weighted by Gasteiger charge is -2.29. The molecule has 6 nitrogen and oxygen atoms in total. The SMILES string of the molecule is Cc1ccc(NC(=O)[C@H]2NCCO[C@@H]2C)cc1C(=O)N(C)C. The number of morpholine rings is 1. The van der Waals surface area contributed by atoms with Gasteiger partial charge in [0.2, 0.25) is 5.91 Å². The Balaban J connectivity index is 2.14. The van der Waals surface area contributed by atoms with Crippen molar-refractivity contribution >= 4 is 17.5 Å². The van der Waals surface area contributed by atoms with Gasteiger partial charge in [0.05, 0.1) is 12.7 Å². The molecule has 0 bridgehead atoms. The van der Waals surface area contributed by atoms with Crippen molar-refractivity contribution in [3.05, 3.63) is 29.3 Å². The Labute approximate surface area is 130 Å². The van der Waals surface area contributed by atoms with Crippen LogP contribution in [0.4, 0.5) is 5.69 Å². The van der Waals surface area contributed by atoms with Crippen molar-refractivity contribution in [2.24, 2.45) is 0 Å². The number of ether oxygens (including phenoxy) is 1. The number of anilines is 1. The highest BCUT2D eigenvalue weighted by atomic mass is 16.5. The van der Waals surface area contributed by atoms with E-state index in [4.69, 9.17) is 4.74 Å². The number of carbonyl (C=O) groups excluding carboxylic acids is 2. The van der Waals surface area contributed by atoms with Crippen LogP contribution in [-0.4, -0.2) is 56.1 Å². The Bertz CT molecular complexity index is 572. The predicted molar refractivity (Wildman–Crippen MR) is 85.0 cm³/mol. The van der Waals surface area contributed by atoms with E-state index in [1.165, 1.54) is 4.90 Å². The number of nitrogens with zero attached hydrogens (tertiary/aromatic N) is 1. The van der Waals surface area contributed by atoms with Gasteiger partial charge in [0.1, 0.15) is 6.04 Å². The molecule has 0 spiro atoms. The number of hydrogen-bond acceptors (Lipinski definition) is 4. The van der Waals surface area contributed by atoms with Crippen LogP contribution >= 0.6 is 0 Å². The van der Waals surface area contributed by atoms with Crippen LogP contribution in [0, 0.1) is 6.92 Å². The lowest BCUT2D eigenvalue weighted by molar-refractivity contribution is -0.123. The first kappa shape index (κ1) is 16.5. The molecule has 6 heteroatoms. The van der Waals surface area contributed by atoms with Gasteiger partial charge in [-0.2, -0.15) is 0 Å². The summed E-state index contributed by atoms with van der Waals surface area (Å²) in [5.41, 5.74) is 2.08. The molecule has 2 N–H and O–H groups in total. The van der Waals surface area contributed by atoms with E-state index < -0.39 is 0 Å². The zero-order valence-electron chi connectivity index (χ0n) is 13.5. The molecule has 1 heterocycles. The average Bonchev–Trinajstić information content (AvgIpc) is 2.48. The maximum absolute atomic E-state index is 12.3. The first-order valence-corrected chi connectivity index (χ1v) is 7.38. The molecule has 1 aliphatic rings. The van der Waals surface area contributed by atoms with Crippen LogP contribution in [0.25, 0.3) is 0 Å². The summed E-state index contributed by atoms with van der Waals surface area (Å²) in [7, 11) is 3.41. The summed E-state index contributed by atoms with van der Waals surface area (Å²) in [5, 5.41) is 5.99. The maximum Gasteiger partial charge on any atom is 0.253 e. The standard InChI is InChI=1S/C16H23N3O3/c1-10-5-6-12(9-13(10)16(21)19(3)4)18-15(20)14-11(2)22-8-7-17-14/h5-6,9,11,14,17H,7-8H2,1-4H3,(H,18,20)/t11-,14+/m1/s1. The summed E-state index contributed by atoms with van der Waals surface area (Å²) in [6.45, 7) is 5.01. The molecule has 120 valence electrons. The number of hydrogen-bond donors (Lipinski definition) is 2. The monoisotopic (exact) mass is 305 g/mol. The van der Waals surface area contributed by atoms with Crippen LogP contribution in [0.15, 0.2) is 18.2 Å². The first-order chi connectivity index (χ1) is 10.4. The fraction of sp³-hybridized carbons (Fsp3) is 0.500. The van der Waals surface area contributed by atoms with Crippen molar-refractivity contribution < 1.29 is 14.3 Å². The van der Waals surface area contributed by atoms with Crippen molar-refractivity contribution in [1.82, 2.24) is 10.2 Å². The van der Waals surface area contributed by atoms with Crippen molar-refractivity contribution in [2.45, 2.75) is 26.0 Å². The van der Waals surface area contributed by atoms with Gasteiger partial charge < -0.3 is 20.3 Å². The highest BCUT2D eigenvalue weighted by Gasteiger charge is 2.28. The third-order valence-corrected chi connectivity index (χ3v) is 3.74. The number of amides is 2. The highest BCUT2D eigenvalue weighted by molar-refractivity contribution is 5.99. The van der Waals surface area contributed by atoms with Crippen LogP contribution in [0.5, 0.6) is 0 Å². The summed E-state index contributed by atoms with van der Waals surface area (Å²) in [5.74, 6) is -0.236. The first-order valence-electron chi connectivity index (χ1n) is 7.38. The molecule has 0 unspecified atom stereocenters. The van der Waals surface area contributed by atoms with Crippen molar-refractivity contribution in [3.8, 4) is 0 Å². The predicted octanol–water partition coefficient (Wildman–Crippen LogP) is 1.01. The lowest BCUT2D eigenvalue weighted by Crippen LogP contribution is -2.53. The Morgan fingerprint density at radius 1 is 1.36 bits per heavy atom. The molecule has 1 aromatic rings. The molecule has 1 aromatic carbocycles. The summed E-state index contributed by atoms with van der Waals surface area (Å²) < 4.78 is 5.48. The summed E-state index contributed by atoms with van der Waals surface area (Å²) in [6, 6.07) is 4.96. The van der Waals surface area contributed by atoms with E-state index in [-0.39, 0.29) is 24.0 Å². The summed E-state index contributed by atoms with van der Waals surface area (Å²) >= 11 is 0. The van der Waals surface area contributed by atoms with Crippen LogP contribution in [0.1, 0.15) is 22.8 Å². The van der Waals surface area contributed by atoms with Crippen LogP contribution in [-0.2, 0) is 9.53 Å². The number of nitrogens with one attached hydrogen (secondary N) is 2. The van der Waals surface area contributed by atoms with E-state index in [2.05, 4.69) is 10.6 Å². The minimum Gasteiger partial charge on any atom is -0.375 e. The molecular formula is C16H23N3O3. The largest absolute Gasteiger partial charge is 0.375 e. The second-order valence-electron chi connectivity index (χ2n) is 5.73. The molecule has 1 fully saturated rings. The van der Waals surface area contributed by atoms with E-state index >= 15 is 0 Å². The Morgan fingerprint density at radius 3 is 2.73 bits per heavy atom. The van der Waals surface area contributed by atoms with E-state index in [1.807, 2.05) is 19.9 Å². The second kappa shape index (κ2) is 6.89. The molecule has 2 rings (SSSR count). The fourth-order valence-corrected chi connectivity index (χ4v) is 2.42. The lowest BCUT2D eigenvalue weighted by atomic mass is 10.1. The second-order valence-corrected chi connectivity index (χ2v) is 5.73. The topological polar surface area (TPSA) is 70.7 Å². The fourth-order valence-electron chi connectivity index (χ4n) is 2.42. The maximum atomic E-state index is 12.3. The molecule has 1 saturated heterocycles. The third kappa shape index (κ3) is 3.64. The third-order valence-electron chi connectivity index (χ3n) is 3.74. The minimum atomic E-state index is -0.386. The summed E-state index contributed by atoms with van der Waals surface area (Å²) in [4.78, 5) is 26.0. The normalized spacial score (nSPS) is 21.3. The highest BCUT2D eigenvalue weighted by Crippen LogP contribution is 2.17. The number of aryl methyl sites for hydroxylation is 1. The van der Waals surface area contributed by atoms with Gasteiger partial charge in [0, 0.05) is 31.9 Å². The molecule has 0 aromatic heterocycles. The molecule has 1 aliphatic heterocycles. The van der Waals surface area contributed by atoms with Crippen LogP contribution < -0.4 is 10.6 Å². The van der Waals surface area contributed by atoms with Gasteiger partial charge in [-0.3, -0.25) is 9.59 Å². The van der Waals surface area contributed by atoms with Crippen molar-refractivity contribution in [1.29, 1.82) is 0 Å². The van der Waals surface area contributed by atoms with E-state index in [0.29, 0.717) is 24.4 Å². The van der Waals surface area contributed by atoms with Gasteiger partial charge in [-0.1, -0.05) is 6.07 Å². The van der Waals surface area contributed by atoms with E-state index in [0.717, 1.165) is 5.56 Å². The Hall–Kier alpha value is -1.92. The van der Waals surface area contributed by atoms with Crippen molar-refractivity contribution in [2.75, 3.05) is 32.6 Å². The molecule has 2 atom stereocenters. The molecule has 0 radical (unpaired) electrons. The summed E-state index contributed by atoms with van der Waals surface area (Å²) in [6.07, 6.45) is -0.179. The molecule has 0 saturated carbocycles. The van der Waals surface area contributed by atoms with Gasteiger partial charge in [-0.15, -0.1) is 0 Å². The van der Waals surface area contributed by atoms with Crippen molar-refractivity contribution in [3.63, 3.8) is 0 Å². The quantitative estimate of drug-likeness (QED) is 0.874. The minimum absolute atomic E-state index is 0.0823. The number of rotatable bonds is 3. The number of benzene rings is 1. The molecule has 22 heavy (non-hydrogen) atoms. The Kier molecular flexibility index (Phi) is 5.15. The zero-order chi connectivity index (χ0) is 16.3. The molecule has 0 aliphatic carbocycles. The van der Waals surface area contributed by atoms with Gasteiger partial charge in [0.15, 0.2) is 0 Å². The zero-order valence-corrected chi connectivity index (χ0v) is 13.5. The van der Waals surface area contributed by atoms with Crippen LogP contribution in [0.2, 0.25) is 0 Å². The number of carbonyl (C=O) groups is 2. The van der Waals surface area contributed by atoms with Gasteiger partial charge in [0.25, 0.3) is 5.91 Å². The van der Waals surface area contributed by atoms with E-state index in [1.54, 1.807) is 26.2 Å². The molecule has 2 amide bonds. The smallest absolute Gasteiger partial charge is 0.253 e. The van der Waals surface area contributed by atoms with Gasteiger partial charge >= 0.3 is 0 Å². The average molecular weight is 305 g/mol. The van der Waals surface area contributed by atoms with Crippen LogP contribution in [0.3, 0.4) is 0 Å². The Morgan fingerprint density at radius 2 is 2.09 bits per heavy atom. The van der Waals surface area contributed by atoms with E-state index in [9.17, 15) is 9.59 Å². The molecular weight excluding hydrogens is 282 g/mol.